The summed E-state index contributed by atoms with van der Waals surface area (Å²) in [4.78, 5) is 32.7. The van der Waals surface area contributed by atoms with Crippen LogP contribution in [0.2, 0.25) is 10.0 Å². The summed E-state index contributed by atoms with van der Waals surface area (Å²) in [6, 6.07) is 7.72. The van der Waals surface area contributed by atoms with E-state index in [1.165, 1.54) is 30.1 Å². The lowest BCUT2D eigenvalue weighted by Crippen LogP contribution is -2.40. The number of carbonyl (C=O) groups is 1. The third kappa shape index (κ3) is 6.32. The number of methoxy groups -OCH3 is 2. The number of aromatic nitrogens is 1. The summed E-state index contributed by atoms with van der Waals surface area (Å²) in [5.41, 5.74) is 1.71. The lowest BCUT2D eigenvalue weighted by atomic mass is 9.93. The molecule has 0 aliphatic carbocycles. The van der Waals surface area contributed by atoms with Crippen molar-refractivity contribution in [1.82, 2.24) is 4.57 Å². The van der Waals surface area contributed by atoms with Crippen LogP contribution in [0.25, 0.3) is 6.08 Å². The number of allylic oxidation sites excluding steroid dienone is 1. The average Bonchev–Trinajstić information content (AvgIpc) is 3.23. The molecule has 0 saturated heterocycles. The van der Waals surface area contributed by atoms with Gasteiger partial charge < -0.3 is 18.9 Å². The van der Waals surface area contributed by atoms with Gasteiger partial charge in [0, 0.05) is 10.6 Å². The molecular formula is C30H32Cl2N2O6S. The Hall–Kier alpha value is -3.27. The van der Waals surface area contributed by atoms with Crippen LogP contribution in [0.3, 0.4) is 0 Å². The van der Waals surface area contributed by atoms with Crippen molar-refractivity contribution in [2.45, 2.75) is 52.7 Å². The molecule has 3 aromatic rings. The molecule has 0 fully saturated rings. The van der Waals surface area contributed by atoms with Gasteiger partial charge in [-0.25, -0.2) is 9.79 Å². The van der Waals surface area contributed by atoms with Crippen molar-refractivity contribution in [2.24, 2.45) is 4.99 Å². The second kappa shape index (κ2) is 13.1. The number of thiazole rings is 1. The van der Waals surface area contributed by atoms with Crippen LogP contribution in [0.4, 0.5) is 0 Å². The Morgan fingerprint density at radius 3 is 2.49 bits per heavy atom. The van der Waals surface area contributed by atoms with Gasteiger partial charge in [-0.05, 0) is 69.2 Å². The molecule has 11 heteroatoms. The van der Waals surface area contributed by atoms with Crippen LogP contribution >= 0.6 is 34.5 Å². The number of carbonyl (C=O) groups excluding carboxylic acids is 1. The fourth-order valence-corrected chi connectivity index (χ4v) is 6.12. The molecule has 0 radical (unpaired) electrons. The van der Waals surface area contributed by atoms with Gasteiger partial charge in [0.2, 0.25) is 0 Å². The summed E-state index contributed by atoms with van der Waals surface area (Å²) in [5, 5.41) is 0.791. The summed E-state index contributed by atoms with van der Waals surface area (Å²) >= 11 is 14.2. The first-order chi connectivity index (χ1) is 19.6. The molecule has 0 amide bonds. The number of rotatable bonds is 10. The Balaban J connectivity index is 2.00. The van der Waals surface area contributed by atoms with Gasteiger partial charge in [-0.1, -0.05) is 47.9 Å². The number of fused-ring (bicyclic) bond motifs is 1. The first kappa shape index (κ1) is 30.7. The molecule has 0 unspecified atom stereocenters. The van der Waals surface area contributed by atoms with E-state index in [2.05, 4.69) is 0 Å². The van der Waals surface area contributed by atoms with E-state index in [-0.39, 0.29) is 23.8 Å². The highest BCUT2D eigenvalue weighted by Crippen LogP contribution is 2.39. The minimum atomic E-state index is -0.859. The van der Waals surface area contributed by atoms with Crippen LogP contribution < -0.4 is 29.1 Å². The third-order valence-electron chi connectivity index (χ3n) is 6.28. The van der Waals surface area contributed by atoms with Crippen LogP contribution in [0.15, 0.2) is 51.4 Å². The molecular weight excluding hydrogens is 587 g/mol. The maximum absolute atomic E-state index is 14.1. The number of hydrogen-bond acceptors (Lipinski definition) is 8. The van der Waals surface area contributed by atoms with Gasteiger partial charge in [-0.3, -0.25) is 9.36 Å². The van der Waals surface area contributed by atoms with Crippen LogP contribution in [-0.4, -0.2) is 37.5 Å². The smallest absolute Gasteiger partial charge is 0.338 e. The molecule has 2 aromatic carbocycles. The highest BCUT2D eigenvalue weighted by atomic mass is 35.5. The maximum atomic E-state index is 14.1. The summed E-state index contributed by atoms with van der Waals surface area (Å²) in [6.07, 6.45) is 2.86. The van der Waals surface area contributed by atoms with Crippen molar-refractivity contribution in [3.05, 3.63) is 82.5 Å². The van der Waals surface area contributed by atoms with Crippen molar-refractivity contribution in [2.75, 3.05) is 20.8 Å². The van der Waals surface area contributed by atoms with Crippen LogP contribution in [0.1, 0.15) is 57.7 Å². The minimum Gasteiger partial charge on any atom is -0.496 e. The van der Waals surface area contributed by atoms with Gasteiger partial charge in [0.05, 0.1) is 47.8 Å². The van der Waals surface area contributed by atoms with E-state index < -0.39 is 12.0 Å². The summed E-state index contributed by atoms with van der Waals surface area (Å²) in [5.74, 6) is 0.810. The fourth-order valence-electron chi connectivity index (χ4n) is 4.66. The van der Waals surface area contributed by atoms with Crippen LogP contribution in [-0.2, 0) is 9.53 Å². The molecule has 4 rings (SSSR count). The average molecular weight is 620 g/mol. The van der Waals surface area contributed by atoms with Gasteiger partial charge in [0.1, 0.15) is 11.8 Å². The normalized spacial score (nSPS) is 15.0. The molecule has 2 heterocycles. The molecule has 1 atom stereocenters. The van der Waals surface area contributed by atoms with Crippen molar-refractivity contribution in [1.29, 1.82) is 0 Å². The van der Waals surface area contributed by atoms with Gasteiger partial charge in [0.15, 0.2) is 16.3 Å². The Morgan fingerprint density at radius 1 is 1.12 bits per heavy atom. The number of hydrogen-bond donors (Lipinski definition) is 0. The molecule has 1 aromatic heterocycles. The van der Waals surface area contributed by atoms with Crippen molar-refractivity contribution in [3.8, 4) is 17.2 Å². The third-order valence-corrected chi connectivity index (χ3v) is 7.78. The molecule has 41 heavy (non-hydrogen) atoms. The predicted molar refractivity (Wildman–Crippen MR) is 161 cm³/mol. The van der Waals surface area contributed by atoms with E-state index in [4.69, 9.17) is 47.1 Å². The van der Waals surface area contributed by atoms with Crippen LogP contribution in [0, 0.1) is 0 Å². The number of ether oxygens (including phenoxy) is 4. The monoisotopic (exact) mass is 618 g/mol. The molecule has 0 spiro atoms. The number of halogens is 2. The van der Waals surface area contributed by atoms with Crippen molar-refractivity contribution in [3.63, 3.8) is 0 Å². The molecule has 8 nitrogen and oxygen atoms in total. The zero-order valence-corrected chi connectivity index (χ0v) is 26.1. The maximum Gasteiger partial charge on any atom is 0.338 e. The molecule has 1 aliphatic rings. The summed E-state index contributed by atoms with van der Waals surface area (Å²) in [7, 11) is 3.06. The second-order valence-electron chi connectivity index (χ2n) is 9.50. The fraction of sp³-hybridized carbons (Fsp3) is 0.367. The standard InChI is InChI=1S/C30H32Cl2N2O6S/c1-7-9-21-25(29(36)39-8-2)26(19-15-18(31)10-11-22(19)37-5)34-28(35)24(41-30(34)33-21)14-17-12-20(32)27(40-16(3)4)23(13-17)38-6/h10-16,26H,7-9H2,1-6H3/b24-14+/t26-/m1/s1. The molecule has 1 aliphatic heterocycles. The van der Waals surface area contributed by atoms with Crippen LogP contribution in [0.5, 0.6) is 17.2 Å². The zero-order valence-electron chi connectivity index (χ0n) is 23.7. The number of esters is 1. The second-order valence-corrected chi connectivity index (χ2v) is 11.4. The minimum absolute atomic E-state index is 0.106. The van der Waals surface area contributed by atoms with Gasteiger partial charge in [0.25, 0.3) is 5.56 Å². The molecule has 0 bridgehead atoms. The van der Waals surface area contributed by atoms with Gasteiger partial charge >= 0.3 is 5.97 Å². The predicted octanol–water partition coefficient (Wildman–Crippen LogP) is 5.69. The lowest BCUT2D eigenvalue weighted by molar-refractivity contribution is -0.139. The van der Waals surface area contributed by atoms with Crippen molar-refractivity contribution >= 4 is 46.6 Å². The van der Waals surface area contributed by atoms with E-state index in [0.29, 0.717) is 59.9 Å². The Kier molecular flexibility index (Phi) is 9.84. The topological polar surface area (TPSA) is 88.4 Å². The Labute approximate surface area is 252 Å². The Bertz CT molecular complexity index is 1670. The van der Waals surface area contributed by atoms with E-state index in [1.54, 1.807) is 43.3 Å². The molecule has 218 valence electrons. The highest BCUT2D eigenvalue weighted by Gasteiger charge is 2.36. The van der Waals surface area contributed by atoms with E-state index in [9.17, 15) is 9.59 Å². The van der Waals surface area contributed by atoms with Gasteiger partial charge in [-0.15, -0.1) is 0 Å². The number of benzene rings is 2. The highest BCUT2D eigenvalue weighted by molar-refractivity contribution is 7.07. The Morgan fingerprint density at radius 2 is 1.85 bits per heavy atom. The molecule has 0 N–H and O–H groups in total. The summed E-state index contributed by atoms with van der Waals surface area (Å²) < 4.78 is 24.3. The van der Waals surface area contributed by atoms with E-state index in [1.807, 2.05) is 20.8 Å². The lowest BCUT2D eigenvalue weighted by Gasteiger charge is -2.27. The first-order valence-electron chi connectivity index (χ1n) is 13.2. The first-order valence-corrected chi connectivity index (χ1v) is 14.8. The summed E-state index contributed by atoms with van der Waals surface area (Å²) in [6.45, 7) is 7.70. The van der Waals surface area contributed by atoms with E-state index in [0.717, 1.165) is 6.42 Å². The quantitative estimate of drug-likeness (QED) is 0.271. The number of nitrogens with zero attached hydrogens (tertiary/aromatic N) is 2. The SMILES string of the molecule is CCCC1=C(C(=O)OCC)[C@@H](c2cc(Cl)ccc2OC)n2c(s/c(=C/c3cc(Cl)c(OC(C)C)c(OC)c3)c2=O)=N1. The van der Waals surface area contributed by atoms with Gasteiger partial charge in [-0.2, -0.15) is 0 Å². The van der Waals surface area contributed by atoms with Crippen molar-refractivity contribution < 1.29 is 23.7 Å². The molecule has 0 saturated carbocycles. The zero-order chi connectivity index (χ0) is 29.8. The van der Waals surface area contributed by atoms with E-state index >= 15 is 0 Å². The largest absolute Gasteiger partial charge is 0.496 e.